The second-order valence-corrected chi connectivity index (χ2v) is 4.19. The van der Waals surface area contributed by atoms with E-state index in [0.717, 1.165) is 19.0 Å². The first-order valence-corrected chi connectivity index (χ1v) is 5.43. The Kier molecular flexibility index (Phi) is 3.20. The zero-order valence-electron chi connectivity index (χ0n) is 8.79. The van der Waals surface area contributed by atoms with Crippen molar-refractivity contribution in [3.63, 3.8) is 0 Å². The van der Waals surface area contributed by atoms with Crippen LogP contribution in [-0.2, 0) is 6.42 Å². The molecule has 0 unspecified atom stereocenters. The van der Waals surface area contributed by atoms with Gasteiger partial charge >= 0.3 is 0 Å². The van der Waals surface area contributed by atoms with E-state index in [2.05, 4.69) is 42.6 Å². The maximum atomic E-state index is 3.46. The van der Waals surface area contributed by atoms with E-state index < -0.39 is 0 Å². The first-order chi connectivity index (χ1) is 6.86. The molecule has 0 bridgehead atoms. The van der Waals surface area contributed by atoms with Crippen LogP contribution in [0.25, 0.3) is 0 Å². The van der Waals surface area contributed by atoms with Crippen LogP contribution in [0.2, 0.25) is 0 Å². The fraction of sp³-hybridized carbons (Fsp3) is 0.462. The minimum Gasteiger partial charge on any atom is -0.316 e. The van der Waals surface area contributed by atoms with Crippen LogP contribution in [0.5, 0.6) is 0 Å². The predicted molar refractivity (Wildman–Crippen MR) is 60.0 cm³/mol. The summed E-state index contributed by atoms with van der Waals surface area (Å²) in [6.45, 7) is 4.62. The normalized spacial score (nSPS) is 23.6. The fourth-order valence-electron chi connectivity index (χ4n) is 2.09. The van der Waals surface area contributed by atoms with Crippen LogP contribution in [0.4, 0.5) is 0 Å². The van der Waals surface area contributed by atoms with Gasteiger partial charge in [-0.25, -0.2) is 0 Å². The van der Waals surface area contributed by atoms with Crippen molar-refractivity contribution in [1.82, 2.24) is 5.32 Å². The largest absolute Gasteiger partial charge is 0.316 e. The number of hydrogen-bond acceptors (Lipinski definition) is 1. The van der Waals surface area contributed by atoms with Gasteiger partial charge in [-0.15, -0.1) is 0 Å². The van der Waals surface area contributed by atoms with Crippen molar-refractivity contribution in [2.45, 2.75) is 19.8 Å². The molecule has 0 aliphatic carbocycles. The SMILES string of the molecule is C[C]1CCNC[C@@H]1Cc1ccccc1. The molecule has 14 heavy (non-hydrogen) atoms. The molecule has 0 saturated carbocycles. The molecule has 2 rings (SSSR count). The van der Waals surface area contributed by atoms with E-state index >= 15 is 0 Å². The average Bonchev–Trinajstić information content (AvgIpc) is 2.23. The summed E-state index contributed by atoms with van der Waals surface area (Å²) in [4.78, 5) is 0. The Bertz CT molecular complexity index is 268. The highest BCUT2D eigenvalue weighted by Crippen LogP contribution is 2.24. The van der Waals surface area contributed by atoms with Gasteiger partial charge in [-0.1, -0.05) is 37.3 Å². The summed E-state index contributed by atoms with van der Waals surface area (Å²) in [5.41, 5.74) is 1.46. The van der Waals surface area contributed by atoms with Crippen LogP contribution in [0.15, 0.2) is 30.3 Å². The Labute approximate surface area is 86.5 Å². The summed E-state index contributed by atoms with van der Waals surface area (Å²) in [5.74, 6) is 2.40. The molecule has 1 aromatic carbocycles. The number of rotatable bonds is 2. The van der Waals surface area contributed by atoms with Crippen LogP contribution in [0.3, 0.4) is 0 Å². The fourth-order valence-corrected chi connectivity index (χ4v) is 2.09. The third-order valence-electron chi connectivity index (χ3n) is 3.11. The summed E-state index contributed by atoms with van der Waals surface area (Å²) < 4.78 is 0. The molecule has 0 amide bonds. The van der Waals surface area contributed by atoms with E-state index in [4.69, 9.17) is 0 Å². The average molecular weight is 188 g/mol. The van der Waals surface area contributed by atoms with Gasteiger partial charge in [-0.05, 0) is 43.3 Å². The predicted octanol–water partition coefficient (Wildman–Crippen LogP) is 2.43. The van der Waals surface area contributed by atoms with Crippen molar-refractivity contribution in [1.29, 1.82) is 0 Å². The summed E-state index contributed by atoms with van der Waals surface area (Å²) in [6, 6.07) is 10.8. The van der Waals surface area contributed by atoms with Gasteiger partial charge in [0.15, 0.2) is 0 Å². The summed E-state index contributed by atoms with van der Waals surface area (Å²) >= 11 is 0. The molecule has 1 heteroatoms. The number of piperidine rings is 1. The molecule has 75 valence electrons. The maximum absolute atomic E-state index is 3.46. The van der Waals surface area contributed by atoms with Crippen LogP contribution in [0.1, 0.15) is 18.9 Å². The molecule has 1 atom stereocenters. The minimum atomic E-state index is 0.742. The van der Waals surface area contributed by atoms with E-state index in [0.29, 0.717) is 0 Å². The first-order valence-electron chi connectivity index (χ1n) is 5.43. The van der Waals surface area contributed by atoms with E-state index in [1.165, 1.54) is 18.4 Å². The summed E-state index contributed by atoms with van der Waals surface area (Å²) in [5, 5.41) is 3.46. The van der Waals surface area contributed by atoms with Gasteiger partial charge < -0.3 is 5.32 Å². The molecular weight excluding hydrogens is 170 g/mol. The maximum Gasteiger partial charge on any atom is -0.00119 e. The van der Waals surface area contributed by atoms with Gasteiger partial charge in [-0.3, -0.25) is 0 Å². The zero-order valence-corrected chi connectivity index (χ0v) is 8.79. The van der Waals surface area contributed by atoms with Crippen molar-refractivity contribution >= 4 is 0 Å². The van der Waals surface area contributed by atoms with Crippen molar-refractivity contribution in [2.24, 2.45) is 5.92 Å². The Morgan fingerprint density at radius 1 is 1.29 bits per heavy atom. The van der Waals surface area contributed by atoms with Gasteiger partial charge in [0.25, 0.3) is 0 Å². The molecule has 0 spiro atoms. The van der Waals surface area contributed by atoms with Crippen LogP contribution < -0.4 is 5.32 Å². The van der Waals surface area contributed by atoms with E-state index in [9.17, 15) is 0 Å². The standard InChI is InChI=1S/C13H18N/c1-11-7-8-14-10-13(11)9-12-5-3-2-4-6-12/h2-6,13-14H,7-10H2,1H3/t13-/m0/s1. The van der Waals surface area contributed by atoms with E-state index in [1.54, 1.807) is 5.92 Å². The first kappa shape index (κ1) is 9.72. The number of hydrogen-bond donors (Lipinski definition) is 1. The lowest BCUT2D eigenvalue weighted by Gasteiger charge is -2.29. The van der Waals surface area contributed by atoms with Crippen molar-refractivity contribution in [3.05, 3.63) is 41.8 Å². The smallest absolute Gasteiger partial charge is 0.00119 e. The Balaban J connectivity index is 1.96. The minimum absolute atomic E-state index is 0.742. The van der Waals surface area contributed by atoms with Crippen molar-refractivity contribution in [3.8, 4) is 0 Å². The second kappa shape index (κ2) is 4.61. The van der Waals surface area contributed by atoms with Crippen LogP contribution >= 0.6 is 0 Å². The highest BCUT2D eigenvalue weighted by atomic mass is 14.9. The highest BCUT2D eigenvalue weighted by molar-refractivity contribution is 5.17. The van der Waals surface area contributed by atoms with Gasteiger partial charge in [-0.2, -0.15) is 0 Å². The summed E-state index contributed by atoms with van der Waals surface area (Å²) in [6.07, 6.45) is 2.44. The van der Waals surface area contributed by atoms with Gasteiger partial charge in [0.2, 0.25) is 0 Å². The Morgan fingerprint density at radius 2 is 2.07 bits per heavy atom. The molecule has 1 radical (unpaired) electrons. The molecule has 1 aromatic rings. The van der Waals surface area contributed by atoms with E-state index in [1.807, 2.05) is 0 Å². The number of benzene rings is 1. The Hall–Kier alpha value is -0.820. The molecule has 1 aliphatic heterocycles. The topological polar surface area (TPSA) is 12.0 Å². The van der Waals surface area contributed by atoms with Crippen LogP contribution in [-0.4, -0.2) is 13.1 Å². The highest BCUT2D eigenvalue weighted by Gasteiger charge is 2.21. The molecular formula is C13H18N. The van der Waals surface area contributed by atoms with Crippen molar-refractivity contribution in [2.75, 3.05) is 13.1 Å². The van der Waals surface area contributed by atoms with Gasteiger partial charge in [0.05, 0.1) is 0 Å². The van der Waals surface area contributed by atoms with E-state index in [-0.39, 0.29) is 0 Å². The lowest BCUT2D eigenvalue weighted by Crippen LogP contribution is -2.35. The van der Waals surface area contributed by atoms with Gasteiger partial charge in [0, 0.05) is 0 Å². The second-order valence-electron chi connectivity index (χ2n) is 4.19. The molecule has 1 fully saturated rings. The van der Waals surface area contributed by atoms with Crippen LogP contribution in [0, 0.1) is 11.8 Å². The molecule has 1 nitrogen and oxygen atoms in total. The molecule has 1 N–H and O–H groups in total. The monoisotopic (exact) mass is 188 g/mol. The zero-order chi connectivity index (χ0) is 9.80. The Morgan fingerprint density at radius 3 is 2.79 bits per heavy atom. The molecule has 1 heterocycles. The lowest BCUT2D eigenvalue weighted by molar-refractivity contribution is 0.413. The van der Waals surface area contributed by atoms with Crippen molar-refractivity contribution < 1.29 is 0 Å². The lowest BCUT2D eigenvalue weighted by atomic mass is 9.84. The molecule has 1 aliphatic rings. The number of nitrogens with one attached hydrogen (secondary N) is 1. The third kappa shape index (κ3) is 2.36. The molecule has 1 saturated heterocycles. The quantitative estimate of drug-likeness (QED) is 0.751. The third-order valence-corrected chi connectivity index (χ3v) is 3.11. The summed E-state index contributed by atoms with van der Waals surface area (Å²) in [7, 11) is 0. The van der Waals surface area contributed by atoms with Gasteiger partial charge in [0.1, 0.15) is 0 Å². The molecule has 0 aromatic heterocycles.